The molecule has 6 heteroatoms. The first-order valence-electron chi connectivity index (χ1n) is 11.6. The highest BCUT2D eigenvalue weighted by molar-refractivity contribution is 5.79. The maximum atomic E-state index is 13.1. The molecule has 1 atom stereocenters. The monoisotopic (exact) mass is 421 g/mol. The molecule has 2 saturated heterocycles. The Hall–Kier alpha value is -2.47. The molecule has 0 bridgehead atoms. The van der Waals surface area contributed by atoms with Crippen LogP contribution in [0.25, 0.3) is 5.57 Å². The standard InChI is InChI=1S/C25H35N5O/c1-18-4-3-10-28-24(18)19(2)21-8-14-30(15-9-21)25(31)22-6-12-29(13-7-22)17-20-5-11-27-23(26)16-20/h3-4,10-11,16,20-22H,2,5-9,12-15,17,26H2,1H3. The molecular formula is C25H35N5O. The molecule has 0 radical (unpaired) electrons. The summed E-state index contributed by atoms with van der Waals surface area (Å²) in [7, 11) is 0. The minimum atomic E-state index is 0.169. The lowest BCUT2D eigenvalue weighted by molar-refractivity contribution is -0.138. The Labute approximate surface area is 185 Å². The van der Waals surface area contributed by atoms with Gasteiger partial charge in [-0.25, -0.2) is 4.99 Å². The van der Waals surface area contributed by atoms with E-state index in [9.17, 15) is 4.79 Å². The molecule has 166 valence electrons. The highest BCUT2D eigenvalue weighted by Crippen LogP contribution is 2.32. The molecule has 6 nitrogen and oxygen atoms in total. The van der Waals surface area contributed by atoms with Crippen molar-refractivity contribution in [3.63, 3.8) is 0 Å². The SMILES string of the molecule is C=C(c1ncccc1C)C1CCN(C(=O)C2CCN(CC3C=C(N)N=CC3)CC2)CC1. The molecule has 1 aromatic heterocycles. The Morgan fingerprint density at radius 1 is 1.16 bits per heavy atom. The van der Waals surface area contributed by atoms with Crippen molar-refractivity contribution in [1.82, 2.24) is 14.8 Å². The third kappa shape index (κ3) is 5.24. The van der Waals surface area contributed by atoms with Crippen molar-refractivity contribution in [3.8, 4) is 0 Å². The van der Waals surface area contributed by atoms with Crippen molar-refractivity contribution in [1.29, 1.82) is 0 Å². The summed E-state index contributed by atoms with van der Waals surface area (Å²) < 4.78 is 0. The predicted octanol–water partition coefficient (Wildman–Crippen LogP) is 3.24. The number of aromatic nitrogens is 1. The Bertz CT molecular complexity index is 860. The number of carbonyl (C=O) groups excluding carboxylic acids is 1. The van der Waals surface area contributed by atoms with Crippen LogP contribution in [0.5, 0.6) is 0 Å². The van der Waals surface area contributed by atoms with Gasteiger partial charge in [0.2, 0.25) is 5.91 Å². The zero-order valence-electron chi connectivity index (χ0n) is 18.7. The number of nitrogens with two attached hydrogens (primary N) is 1. The summed E-state index contributed by atoms with van der Waals surface area (Å²) in [5.41, 5.74) is 9.16. The number of amides is 1. The number of aryl methyl sites for hydroxylation is 1. The summed E-state index contributed by atoms with van der Waals surface area (Å²) in [5.74, 6) is 2.01. The quantitative estimate of drug-likeness (QED) is 0.792. The van der Waals surface area contributed by atoms with Crippen LogP contribution in [-0.2, 0) is 4.79 Å². The van der Waals surface area contributed by atoms with Crippen molar-refractivity contribution in [3.05, 3.63) is 48.1 Å². The molecule has 3 aliphatic rings. The van der Waals surface area contributed by atoms with Crippen molar-refractivity contribution in [2.24, 2.45) is 28.5 Å². The molecular weight excluding hydrogens is 386 g/mol. The summed E-state index contributed by atoms with van der Waals surface area (Å²) in [6, 6.07) is 4.06. The van der Waals surface area contributed by atoms with Crippen LogP contribution in [-0.4, -0.2) is 59.6 Å². The van der Waals surface area contributed by atoms with Gasteiger partial charge in [-0.1, -0.05) is 12.6 Å². The lowest BCUT2D eigenvalue weighted by atomic mass is 9.86. The van der Waals surface area contributed by atoms with Crippen LogP contribution in [0.3, 0.4) is 0 Å². The molecule has 3 aliphatic heterocycles. The smallest absolute Gasteiger partial charge is 0.225 e. The van der Waals surface area contributed by atoms with Crippen molar-refractivity contribution in [2.75, 3.05) is 32.7 Å². The lowest BCUT2D eigenvalue weighted by Gasteiger charge is -2.38. The lowest BCUT2D eigenvalue weighted by Crippen LogP contribution is -2.46. The van der Waals surface area contributed by atoms with E-state index in [0.29, 0.717) is 23.6 Å². The number of hydrogen-bond donors (Lipinski definition) is 1. The number of aliphatic imine (C=N–C) groups is 1. The van der Waals surface area contributed by atoms with Gasteiger partial charge >= 0.3 is 0 Å². The zero-order chi connectivity index (χ0) is 21.8. The number of likely N-dealkylation sites (tertiary alicyclic amines) is 2. The normalized spacial score (nSPS) is 23.6. The maximum absolute atomic E-state index is 13.1. The molecule has 1 aromatic rings. The Kier molecular flexibility index (Phi) is 6.86. The fourth-order valence-corrected chi connectivity index (χ4v) is 5.19. The van der Waals surface area contributed by atoms with Gasteiger partial charge in [-0.15, -0.1) is 0 Å². The van der Waals surface area contributed by atoms with Crippen molar-refractivity contribution >= 4 is 17.7 Å². The first-order chi connectivity index (χ1) is 15.0. The van der Waals surface area contributed by atoms with E-state index in [2.05, 4.69) is 45.4 Å². The first-order valence-corrected chi connectivity index (χ1v) is 11.6. The number of pyridine rings is 1. The largest absolute Gasteiger partial charge is 0.384 e. The molecule has 0 spiro atoms. The number of nitrogens with zero attached hydrogens (tertiary/aromatic N) is 4. The first kappa shape index (κ1) is 21.8. The summed E-state index contributed by atoms with van der Waals surface area (Å²) >= 11 is 0. The summed E-state index contributed by atoms with van der Waals surface area (Å²) in [5, 5.41) is 0. The van der Waals surface area contributed by atoms with Crippen LogP contribution in [0.15, 0.2) is 41.8 Å². The average Bonchev–Trinajstić information content (AvgIpc) is 2.79. The van der Waals surface area contributed by atoms with Gasteiger partial charge in [0, 0.05) is 38.0 Å². The Balaban J connectivity index is 1.23. The van der Waals surface area contributed by atoms with E-state index in [4.69, 9.17) is 5.73 Å². The molecule has 31 heavy (non-hydrogen) atoms. The topological polar surface area (TPSA) is 74.8 Å². The van der Waals surface area contributed by atoms with Gasteiger partial charge in [-0.2, -0.15) is 0 Å². The fourth-order valence-electron chi connectivity index (χ4n) is 5.19. The molecule has 1 amide bonds. The fraction of sp³-hybridized carbons (Fsp3) is 0.560. The van der Waals surface area contributed by atoms with E-state index in [0.717, 1.165) is 76.1 Å². The van der Waals surface area contributed by atoms with E-state index in [1.54, 1.807) is 0 Å². The third-order valence-corrected chi connectivity index (χ3v) is 7.10. The van der Waals surface area contributed by atoms with Gasteiger partial charge in [-0.3, -0.25) is 9.78 Å². The minimum Gasteiger partial charge on any atom is -0.384 e. The van der Waals surface area contributed by atoms with Crippen LogP contribution in [0.4, 0.5) is 0 Å². The molecule has 4 rings (SSSR count). The highest BCUT2D eigenvalue weighted by atomic mass is 16.2. The molecule has 2 fully saturated rings. The molecule has 0 aliphatic carbocycles. The summed E-state index contributed by atoms with van der Waals surface area (Å²) in [4.78, 5) is 26.4. The molecule has 4 heterocycles. The van der Waals surface area contributed by atoms with Gasteiger partial charge in [-0.05, 0) is 87.2 Å². The molecule has 0 aromatic carbocycles. The number of carbonyl (C=O) groups is 1. The summed E-state index contributed by atoms with van der Waals surface area (Å²) in [6.45, 7) is 11.1. The second kappa shape index (κ2) is 9.77. The van der Waals surface area contributed by atoms with E-state index < -0.39 is 0 Å². The van der Waals surface area contributed by atoms with Crippen LogP contribution in [0.2, 0.25) is 0 Å². The van der Waals surface area contributed by atoms with Crippen LogP contribution in [0, 0.1) is 24.7 Å². The van der Waals surface area contributed by atoms with Gasteiger partial charge in [0.25, 0.3) is 0 Å². The van der Waals surface area contributed by atoms with Gasteiger partial charge in [0.1, 0.15) is 5.82 Å². The predicted molar refractivity (Wildman–Crippen MR) is 125 cm³/mol. The zero-order valence-corrected chi connectivity index (χ0v) is 18.7. The van der Waals surface area contributed by atoms with Crippen LogP contribution in [0.1, 0.15) is 43.4 Å². The van der Waals surface area contributed by atoms with Crippen molar-refractivity contribution < 1.29 is 4.79 Å². The Morgan fingerprint density at radius 3 is 2.55 bits per heavy atom. The molecule has 1 unspecified atom stereocenters. The molecule has 2 N–H and O–H groups in total. The van der Waals surface area contributed by atoms with Gasteiger partial charge < -0.3 is 15.5 Å². The second-order valence-corrected chi connectivity index (χ2v) is 9.27. The van der Waals surface area contributed by atoms with Crippen LogP contribution < -0.4 is 5.73 Å². The van der Waals surface area contributed by atoms with E-state index in [1.165, 1.54) is 5.56 Å². The second-order valence-electron chi connectivity index (χ2n) is 9.27. The summed E-state index contributed by atoms with van der Waals surface area (Å²) in [6.07, 6.45) is 10.7. The van der Waals surface area contributed by atoms with Gasteiger partial charge in [0.05, 0.1) is 5.69 Å². The van der Waals surface area contributed by atoms with E-state index >= 15 is 0 Å². The van der Waals surface area contributed by atoms with E-state index in [-0.39, 0.29) is 5.92 Å². The van der Waals surface area contributed by atoms with Crippen molar-refractivity contribution in [2.45, 2.75) is 39.0 Å². The minimum absolute atomic E-state index is 0.169. The van der Waals surface area contributed by atoms with Crippen LogP contribution >= 0.6 is 0 Å². The van der Waals surface area contributed by atoms with E-state index in [1.807, 2.05) is 18.5 Å². The van der Waals surface area contributed by atoms with Gasteiger partial charge in [0.15, 0.2) is 0 Å². The molecule has 0 saturated carbocycles. The Morgan fingerprint density at radius 2 is 1.87 bits per heavy atom. The third-order valence-electron chi connectivity index (χ3n) is 7.10. The number of hydrogen-bond acceptors (Lipinski definition) is 5. The average molecular weight is 422 g/mol. The number of piperidine rings is 2. The highest BCUT2D eigenvalue weighted by Gasteiger charge is 2.32. The number of rotatable bonds is 5. The maximum Gasteiger partial charge on any atom is 0.225 e. The number of allylic oxidation sites excluding steroid dienone is 1.